The Bertz CT molecular complexity index is 874. The summed E-state index contributed by atoms with van der Waals surface area (Å²) in [5.41, 5.74) is 4.15. The third-order valence-corrected chi connectivity index (χ3v) is 4.81. The second-order valence-corrected chi connectivity index (χ2v) is 6.28. The summed E-state index contributed by atoms with van der Waals surface area (Å²) in [6.07, 6.45) is 0.944. The molecule has 1 unspecified atom stereocenters. The van der Waals surface area contributed by atoms with Gasteiger partial charge in [-0.2, -0.15) is 0 Å². The molecule has 4 rings (SSSR count). The molecule has 2 aromatic rings. The van der Waals surface area contributed by atoms with Gasteiger partial charge in [-0.1, -0.05) is 36.4 Å². The first-order valence-electron chi connectivity index (χ1n) is 8.33. The van der Waals surface area contributed by atoms with E-state index in [1.807, 2.05) is 54.6 Å². The van der Waals surface area contributed by atoms with Crippen LogP contribution in [0, 0.1) is 0 Å². The summed E-state index contributed by atoms with van der Waals surface area (Å²) in [6.45, 7) is 0.620. The van der Waals surface area contributed by atoms with Crippen LogP contribution in [0.5, 0.6) is 0 Å². The Morgan fingerprint density at radius 3 is 2.52 bits per heavy atom. The quantitative estimate of drug-likeness (QED) is 0.828. The molecule has 2 N–H and O–H groups in total. The molecule has 0 aromatic heterocycles. The molecule has 2 aliphatic heterocycles. The van der Waals surface area contributed by atoms with E-state index in [4.69, 9.17) is 0 Å². The predicted octanol–water partition coefficient (Wildman–Crippen LogP) is 3.15. The van der Waals surface area contributed by atoms with Gasteiger partial charge >= 0.3 is 5.97 Å². The van der Waals surface area contributed by atoms with E-state index in [1.165, 1.54) is 0 Å². The fourth-order valence-electron chi connectivity index (χ4n) is 3.59. The highest BCUT2D eigenvalue weighted by atomic mass is 16.4. The number of rotatable bonds is 2. The number of anilines is 2. The van der Waals surface area contributed by atoms with Gasteiger partial charge in [0.15, 0.2) is 0 Å². The van der Waals surface area contributed by atoms with E-state index in [2.05, 4.69) is 5.32 Å². The van der Waals surface area contributed by atoms with Gasteiger partial charge in [-0.15, -0.1) is 0 Å². The van der Waals surface area contributed by atoms with Crippen molar-refractivity contribution < 1.29 is 14.7 Å². The first-order chi connectivity index (χ1) is 12.1. The molecule has 2 aliphatic rings. The molecule has 5 heteroatoms. The van der Waals surface area contributed by atoms with Crippen LogP contribution in [0.3, 0.4) is 0 Å². The minimum Gasteiger partial charge on any atom is -0.480 e. The number of hydrogen-bond donors (Lipinski definition) is 2. The lowest BCUT2D eigenvalue weighted by Crippen LogP contribution is -2.33. The van der Waals surface area contributed by atoms with E-state index in [0.717, 1.165) is 28.1 Å². The molecule has 0 aliphatic carbocycles. The van der Waals surface area contributed by atoms with Crippen LogP contribution in [0.15, 0.2) is 60.2 Å². The lowest BCUT2D eigenvalue weighted by atomic mass is 9.88. The standard InChI is InChI=1S/C20H18N2O3/c23-19-15(10-11-22(19)13-6-2-1-3-7-13)16-12-18(20(24)25)21-17-9-5-4-8-14(16)17/h1-9,18,21H,10-12H2,(H,24,25). The van der Waals surface area contributed by atoms with Crippen LogP contribution in [-0.2, 0) is 9.59 Å². The highest BCUT2D eigenvalue weighted by Crippen LogP contribution is 2.39. The van der Waals surface area contributed by atoms with Crippen molar-refractivity contribution in [1.29, 1.82) is 0 Å². The van der Waals surface area contributed by atoms with E-state index < -0.39 is 12.0 Å². The van der Waals surface area contributed by atoms with E-state index >= 15 is 0 Å². The number of amides is 1. The average Bonchev–Trinajstić information content (AvgIpc) is 3.02. The Morgan fingerprint density at radius 2 is 1.76 bits per heavy atom. The Labute approximate surface area is 145 Å². The molecule has 25 heavy (non-hydrogen) atoms. The van der Waals surface area contributed by atoms with E-state index in [9.17, 15) is 14.7 Å². The summed E-state index contributed by atoms with van der Waals surface area (Å²) in [5, 5.41) is 12.5. The van der Waals surface area contributed by atoms with Gasteiger partial charge in [-0.3, -0.25) is 4.79 Å². The van der Waals surface area contributed by atoms with Gasteiger partial charge in [0.1, 0.15) is 6.04 Å². The normalized spacial score (nSPS) is 22.5. The third-order valence-electron chi connectivity index (χ3n) is 4.81. The number of nitrogens with zero attached hydrogens (tertiary/aromatic N) is 1. The zero-order chi connectivity index (χ0) is 17.4. The zero-order valence-electron chi connectivity index (χ0n) is 13.6. The SMILES string of the molecule is O=C(O)C1CC(=C2CCN(c3ccccc3)C2=O)c2ccccc2N1. The number of hydrogen-bond acceptors (Lipinski definition) is 3. The molecular formula is C20H18N2O3. The van der Waals surface area contributed by atoms with E-state index in [-0.39, 0.29) is 5.91 Å². The minimum absolute atomic E-state index is 0.0259. The third kappa shape index (κ3) is 2.67. The van der Waals surface area contributed by atoms with Crippen LogP contribution in [0.1, 0.15) is 18.4 Å². The molecule has 1 atom stereocenters. The zero-order valence-corrected chi connectivity index (χ0v) is 13.6. The highest BCUT2D eigenvalue weighted by molar-refractivity contribution is 6.13. The van der Waals surface area contributed by atoms with Crippen molar-refractivity contribution in [3.05, 3.63) is 65.7 Å². The van der Waals surface area contributed by atoms with Crippen LogP contribution in [0.25, 0.3) is 5.57 Å². The van der Waals surface area contributed by atoms with Crippen LogP contribution in [-0.4, -0.2) is 29.6 Å². The summed E-state index contributed by atoms with van der Waals surface area (Å²) < 4.78 is 0. The Morgan fingerprint density at radius 1 is 1.04 bits per heavy atom. The minimum atomic E-state index is -0.905. The molecule has 1 saturated heterocycles. The lowest BCUT2D eigenvalue weighted by Gasteiger charge is -2.27. The number of carbonyl (C=O) groups is 2. The maximum Gasteiger partial charge on any atom is 0.326 e. The number of nitrogens with one attached hydrogen (secondary N) is 1. The van der Waals surface area contributed by atoms with Gasteiger partial charge in [0, 0.05) is 35.5 Å². The van der Waals surface area contributed by atoms with Crippen molar-refractivity contribution in [2.24, 2.45) is 0 Å². The summed E-state index contributed by atoms with van der Waals surface area (Å²) >= 11 is 0. The second kappa shape index (κ2) is 6.09. The maximum atomic E-state index is 13.0. The molecule has 2 aromatic carbocycles. The van der Waals surface area contributed by atoms with E-state index in [1.54, 1.807) is 4.90 Å². The molecule has 0 saturated carbocycles. The van der Waals surface area contributed by atoms with Crippen LogP contribution >= 0.6 is 0 Å². The molecule has 1 amide bonds. The number of benzene rings is 2. The molecule has 0 spiro atoms. The van der Waals surface area contributed by atoms with Crippen LogP contribution in [0.2, 0.25) is 0 Å². The fourth-order valence-corrected chi connectivity index (χ4v) is 3.59. The fraction of sp³-hybridized carbons (Fsp3) is 0.200. The molecule has 0 bridgehead atoms. The molecule has 2 heterocycles. The van der Waals surface area contributed by atoms with Gasteiger partial charge in [-0.25, -0.2) is 4.79 Å². The van der Waals surface area contributed by atoms with Gasteiger partial charge in [0.25, 0.3) is 5.91 Å². The molecule has 0 radical (unpaired) electrons. The van der Waals surface area contributed by atoms with Gasteiger partial charge in [0.2, 0.25) is 0 Å². The van der Waals surface area contributed by atoms with Crippen molar-refractivity contribution in [2.75, 3.05) is 16.8 Å². The van der Waals surface area contributed by atoms with Crippen molar-refractivity contribution in [2.45, 2.75) is 18.9 Å². The number of carbonyl (C=O) groups excluding carboxylic acids is 1. The smallest absolute Gasteiger partial charge is 0.326 e. The monoisotopic (exact) mass is 334 g/mol. The molecule has 126 valence electrons. The second-order valence-electron chi connectivity index (χ2n) is 6.28. The number of carboxylic acids is 1. The topological polar surface area (TPSA) is 69.6 Å². The highest BCUT2D eigenvalue weighted by Gasteiger charge is 2.34. The van der Waals surface area contributed by atoms with Crippen LogP contribution < -0.4 is 10.2 Å². The van der Waals surface area contributed by atoms with Crippen molar-refractivity contribution in [3.63, 3.8) is 0 Å². The summed E-state index contributed by atoms with van der Waals surface area (Å²) in [7, 11) is 0. The van der Waals surface area contributed by atoms with Crippen molar-refractivity contribution in [1.82, 2.24) is 0 Å². The summed E-state index contributed by atoms with van der Waals surface area (Å²) in [6, 6.07) is 16.5. The number of para-hydroxylation sites is 2. The van der Waals surface area contributed by atoms with Crippen LogP contribution in [0.4, 0.5) is 11.4 Å². The number of carboxylic acid groups (broad SMARTS) is 1. The molecule has 5 nitrogen and oxygen atoms in total. The summed E-state index contributed by atoms with van der Waals surface area (Å²) in [5.74, 6) is -0.931. The summed E-state index contributed by atoms with van der Waals surface area (Å²) in [4.78, 5) is 26.3. The predicted molar refractivity (Wildman–Crippen MR) is 96.4 cm³/mol. The van der Waals surface area contributed by atoms with Crippen molar-refractivity contribution in [3.8, 4) is 0 Å². The van der Waals surface area contributed by atoms with Gasteiger partial charge in [0.05, 0.1) is 0 Å². The molecule has 1 fully saturated rings. The Kier molecular flexibility index (Phi) is 3.76. The maximum absolute atomic E-state index is 13.0. The largest absolute Gasteiger partial charge is 0.480 e. The van der Waals surface area contributed by atoms with Crippen molar-refractivity contribution >= 4 is 28.8 Å². The molecular weight excluding hydrogens is 316 g/mol. The number of fused-ring (bicyclic) bond motifs is 1. The Balaban J connectivity index is 1.77. The lowest BCUT2D eigenvalue weighted by molar-refractivity contribution is -0.137. The first-order valence-corrected chi connectivity index (χ1v) is 8.33. The number of aliphatic carboxylic acids is 1. The first kappa shape index (κ1) is 15.4. The van der Waals surface area contributed by atoms with Gasteiger partial charge in [-0.05, 0) is 30.2 Å². The Hall–Kier alpha value is -3.08. The average molecular weight is 334 g/mol. The van der Waals surface area contributed by atoms with E-state index in [0.29, 0.717) is 19.4 Å². The van der Waals surface area contributed by atoms with Gasteiger partial charge < -0.3 is 15.3 Å².